The van der Waals surface area contributed by atoms with Crippen molar-refractivity contribution >= 4 is 22.6 Å². The molecule has 0 unspecified atom stereocenters. The standard InChI is InChI=1S/C12H11FN4S/c1-2-4-9-11(18-17-16-9)12-14-8-6-3-5-7(13)10(8)15-12/h3,5-6H,2,4H2,1H3,(H,14,15). The van der Waals surface area contributed by atoms with Crippen molar-refractivity contribution in [2.24, 2.45) is 0 Å². The number of nitrogens with one attached hydrogen (secondary N) is 1. The van der Waals surface area contributed by atoms with Crippen LogP contribution >= 0.6 is 11.5 Å². The second-order valence-electron chi connectivity index (χ2n) is 4.02. The molecule has 2 aromatic heterocycles. The lowest BCUT2D eigenvalue weighted by molar-refractivity contribution is 0.637. The van der Waals surface area contributed by atoms with Crippen LogP contribution in [0.15, 0.2) is 18.2 Å². The molecule has 1 N–H and O–H groups in total. The summed E-state index contributed by atoms with van der Waals surface area (Å²) in [6.07, 6.45) is 1.85. The maximum atomic E-state index is 13.6. The van der Waals surface area contributed by atoms with E-state index in [1.165, 1.54) is 17.6 Å². The Morgan fingerprint density at radius 1 is 1.39 bits per heavy atom. The molecule has 4 nitrogen and oxygen atoms in total. The Morgan fingerprint density at radius 2 is 2.28 bits per heavy atom. The topological polar surface area (TPSA) is 54.5 Å². The fourth-order valence-electron chi connectivity index (χ4n) is 1.89. The third-order valence-corrected chi connectivity index (χ3v) is 3.50. The van der Waals surface area contributed by atoms with Crippen molar-refractivity contribution in [2.45, 2.75) is 19.8 Å². The van der Waals surface area contributed by atoms with E-state index in [0.717, 1.165) is 23.4 Å². The van der Waals surface area contributed by atoms with E-state index in [1.807, 2.05) is 6.07 Å². The van der Waals surface area contributed by atoms with Gasteiger partial charge >= 0.3 is 0 Å². The van der Waals surface area contributed by atoms with Gasteiger partial charge in [-0.1, -0.05) is 23.9 Å². The van der Waals surface area contributed by atoms with Gasteiger partial charge in [0.2, 0.25) is 0 Å². The lowest BCUT2D eigenvalue weighted by Gasteiger charge is -1.94. The highest BCUT2D eigenvalue weighted by atomic mass is 32.1. The fraction of sp³-hybridized carbons (Fsp3) is 0.250. The number of rotatable bonds is 3. The van der Waals surface area contributed by atoms with Crippen molar-refractivity contribution in [1.82, 2.24) is 19.6 Å². The van der Waals surface area contributed by atoms with E-state index in [2.05, 4.69) is 26.5 Å². The molecule has 0 aliphatic rings. The monoisotopic (exact) mass is 262 g/mol. The van der Waals surface area contributed by atoms with Gasteiger partial charge in [0.15, 0.2) is 11.6 Å². The first-order valence-corrected chi connectivity index (χ1v) is 6.52. The third kappa shape index (κ3) is 1.78. The molecular formula is C12H11FN4S. The molecule has 0 aliphatic heterocycles. The van der Waals surface area contributed by atoms with Crippen molar-refractivity contribution < 1.29 is 4.39 Å². The zero-order valence-electron chi connectivity index (χ0n) is 9.77. The van der Waals surface area contributed by atoms with Crippen LogP contribution in [-0.4, -0.2) is 19.6 Å². The van der Waals surface area contributed by atoms with Crippen LogP contribution in [0.2, 0.25) is 0 Å². The van der Waals surface area contributed by atoms with Crippen LogP contribution in [0.1, 0.15) is 19.0 Å². The molecule has 0 aliphatic carbocycles. The summed E-state index contributed by atoms with van der Waals surface area (Å²) in [7, 11) is 0. The SMILES string of the molecule is CCCc1nnsc1-c1nc2c(F)cccc2[nH]1. The fourth-order valence-corrected chi connectivity index (χ4v) is 2.55. The Bertz CT molecular complexity index is 688. The minimum Gasteiger partial charge on any atom is -0.337 e. The molecule has 0 bridgehead atoms. The number of nitrogens with zero attached hydrogens (tertiary/aromatic N) is 3. The van der Waals surface area contributed by atoms with Crippen molar-refractivity contribution in [3.63, 3.8) is 0 Å². The van der Waals surface area contributed by atoms with E-state index in [0.29, 0.717) is 16.9 Å². The largest absolute Gasteiger partial charge is 0.337 e. The molecule has 18 heavy (non-hydrogen) atoms. The smallest absolute Gasteiger partial charge is 0.152 e. The highest BCUT2D eigenvalue weighted by molar-refractivity contribution is 7.09. The predicted molar refractivity (Wildman–Crippen MR) is 68.9 cm³/mol. The number of para-hydroxylation sites is 1. The molecule has 6 heteroatoms. The van der Waals surface area contributed by atoms with Crippen molar-refractivity contribution in [3.05, 3.63) is 29.7 Å². The quantitative estimate of drug-likeness (QED) is 0.788. The van der Waals surface area contributed by atoms with Crippen LogP contribution in [0.4, 0.5) is 4.39 Å². The second-order valence-corrected chi connectivity index (χ2v) is 4.77. The number of benzene rings is 1. The highest BCUT2D eigenvalue weighted by Gasteiger charge is 2.15. The zero-order valence-corrected chi connectivity index (χ0v) is 10.6. The van der Waals surface area contributed by atoms with E-state index in [1.54, 1.807) is 6.07 Å². The molecule has 3 aromatic rings. The number of hydrogen-bond acceptors (Lipinski definition) is 4. The molecule has 0 saturated heterocycles. The van der Waals surface area contributed by atoms with E-state index in [-0.39, 0.29) is 5.82 Å². The highest BCUT2D eigenvalue weighted by Crippen LogP contribution is 2.27. The van der Waals surface area contributed by atoms with Crippen molar-refractivity contribution in [3.8, 4) is 10.7 Å². The van der Waals surface area contributed by atoms with Crippen molar-refractivity contribution in [2.75, 3.05) is 0 Å². The first-order chi connectivity index (χ1) is 8.79. The number of aromatic amines is 1. The molecule has 1 aromatic carbocycles. The molecule has 0 radical (unpaired) electrons. The summed E-state index contributed by atoms with van der Waals surface area (Å²) < 4.78 is 17.5. The van der Waals surface area contributed by atoms with Gasteiger partial charge < -0.3 is 4.98 Å². The summed E-state index contributed by atoms with van der Waals surface area (Å²) in [6, 6.07) is 4.88. The van der Waals surface area contributed by atoms with Gasteiger partial charge in [0.25, 0.3) is 0 Å². The number of aryl methyl sites for hydroxylation is 1. The van der Waals surface area contributed by atoms with Crippen molar-refractivity contribution in [1.29, 1.82) is 0 Å². The Labute approximate surface area is 107 Å². The maximum Gasteiger partial charge on any atom is 0.152 e. The minimum atomic E-state index is -0.315. The first-order valence-electron chi connectivity index (χ1n) is 5.75. The van der Waals surface area contributed by atoms with Crippen LogP contribution in [0.5, 0.6) is 0 Å². The molecule has 92 valence electrons. The molecule has 0 atom stereocenters. The molecule has 0 amide bonds. The summed E-state index contributed by atoms with van der Waals surface area (Å²) in [5, 5.41) is 4.09. The Hall–Kier alpha value is -1.82. The summed E-state index contributed by atoms with van der Waals surface area (Å²) in [6.45, 7) is 2.08. The summed E-state index contributed by atoms with van der Waals surface area (Å²) >= 11 is 1.29. The molecular weight excluding hydrogens is 251 g/mol. The van der Waals surface area contributed by atoms with E-state index < -0.39 is 0 Å². The summed E-state index contributed by atoms with van der Waals surface area (Å²) in [4.78, 5) is 8.31. The van der Waals surface area contributed by atoms with Crippen LogP contribution in [0, 0.1) is 5.82 Å². The zero-order chi connectivity index (χ0) is 12.5. The molecule has 3 rings (SSSR count). The van der Waals surface area contributed by atoms with Gasteiger partial charge in [0, 0.05) is 0 Å². The van der Waals surface area contributed by atoms with Gasteiger partial charge in [0.1, 0.15) is 10.4 Å². The number of halogens is 1. The summed E-state index contributed by atoms with van der Waals surface area (Å²) in [5.74, 6) is 0.332. The Balaban J connectivity index is 2.14. The number of hydrogen-bond donors (Lipinski definition) is 1. The van der Waals surface area contributed by atoms with Crippen LogP contribution in [0.3, 0.4) is 0 Å². The Morgan fingerprint density at radius 3 is 3.06 bits per heavy atom. The van der Waals surface area contributed by atoms with Crippen LogP contribution in [0.25, 0.3) is 21.7 Å². The number of aromatic nitrogens is 4. The van der Waals surface area contributed by atoms with Crippen LogP contribution in [-0.2, 0) is 6.42 Å². The third-order valence-electron chi connectivity index (χ3n) is 2.72. The second kappa shape index (κ2) is 4.45. The number of H-pyrrole nitrogens is 1. The van der Waals surface area contributed by atoms with Gasteiger partial charge in [0.05, 0.1) is 11.2 Å². The van der Waals surface area contributed by atoms with E-state index in [4.69, 9.17) is 0 Å². The number of imidazole rings is 1. The maximum absolute atomic E-state index is 13.6. The summed E-state index contributed by atoms with van der Waals surface area (Å²) in [5.41, 5.74) is 1.98. The van der Waals surface area contributed by atoms with Crippen LogP contribution < -0.4 is 0 Å². The first kappa shape index (κ1) is 11.3. The van der Waals surface area contributed by atoms with E-state index >= 15 is 0 Å². The molecule has 2 heterocycles. The number of fused-ring (bicyclic) bond motifs is 1. The van der Waals surface area contributed by atoms with Gasteiger partial charge in [-0.3, -0.25) is 0 Å². The average Bonchev–Trinajstić information content (AvgIpc) is 2.95. The molecule has 0 fully saturated rings. The Kier molecular flexibility index (Phi) is 2.79. The molecule has 0 saturated carbocycles. The lowest BCUT2D eigenvalue weighted by atomic mass is 10.2. The molecule has 0 spiro atoms. The normalized spacial score (nSPS) is 11.2. The van der Waals surface area contributed by atoms with Gasteiger partial charge in [-0.25, -0.2) is 9.37 Å². The van der Waals surface area contributed by atoms with Gasteiger partial charge in [-0.2, -0.15) is 0 Å². The van der Waals surface area contributed by atoms with Gasteiger partial charge in [-0.05, 0) is 30.1 Å². The average molecular weight is 262 g/mol. The lowest BCUT2D eigenvalue weighted by Crippen LogP contribution is -1.88. The van der Waals surface area contributed by atoms with E-state index in [9.17, 15) is 4.39 Å². The predicted octanol–water partition coefficient (Wildman–Crippen LogP) is 3.17. The van der Waals surface area contributed by atoms with Gasteiger partial charge in [-0.15, -0.1) is 5.10 Å². The minimum absolute atomic E-state index is 0.315.